The van der Waals surface area contributed by atoms with Crippen LogP contribution < -0.4 is 15.0 Å². The SMILES string of the molecule is N=Cc1c(NC2OC(COc3cccc(C[N+](O)(O)O)c3)[C@@H](O)[C@H]2O)nc(Cl)nc1N1CC2(CCCCC2)C1. The number of nitrogens with one attached hydrogen (secondary N) is 2. The van der Waals surface area contributed by atoms with Gasteiger partial charge in [0.25, 0.3) is 0 Å². The minimum Gasteiger partial charge on any atom is -0.491 e. The Bertz CT molecular complexity index is 1180. The molecule has 1 spiro atoms. The van der Waals surface area contributed by atoms with E-state index in [0.29, 0.717) is 28.1 Å². The number of hydrogen-bond donors (Lipinski definition) is 7. The maximum absolute atomic E-state index is 10.7. The van der Waals surface area contributed by atoms with E-state index < -0.39 is 36.1 Å². The Labute approximate surface area is 230 Å². The minimum absolute atomic E-state index is 0.00762. The summed E-state index contributed by atoms with van der Waals surface area (Å²) in [6, 6.07) is 6.29. The quantitative estimate of drug-likeness (QED) is 0.102. The summed E-state index contributed by atoms with van der Waals surface area (Å²) in [7, 11) is 0. The second-order valence-electron chi connectivity index (χ2n) is 10.7. The van der Waals surface area contributed by atoms with E-state index >= 15 is 0 Å². The highest BCUT2D eigenvalue weighted by atomic mass is 35.5. The zero-order valence-corrected chi connectivity index (χ0v) is 22.0. The molecule has 2 aliphatic heterocycles. The zero-order chi connectivity index (χ0) is 27.8. The van der Waals surface area contributed by atoms with Crippen LogP contribution in [0.15, 0.2) is 24.3 Å². The van der Waals surface area contributed by atoms with Gasteiger partial charge in [-0.15, -0.1) is 15.6 Å². The summed E-state index contributed by atoms with van der Waals surface area (Å²) in [4.78, 5) is 8.51. The first kappa shape index (κ1) is 27.9. The molecule has 1 aromatic carbocycles. The lowest BCUT2D eigenvalue weighted by Gasteiger charge is -2.53. The van der Waals surface area contributed by atoms with Crippen molar-refractivity contribution in [3.63, 3.8) is 0 Å². The van der Waals surface area contributed by atoms with Crippen LogP contribution in [0.2, 0.25) is 5.28 Å². The number of nitrogens with zero attached hydrogens (tertiary/aromatic N) is 4. The molecule has 39 heavy (non-hydrogen) atoms. The van der Waals surface area contributed by atoms with Crippen LogP contribution in [0.5, 0.6) is 5.75 Å². The number of hydroxylamine groups is 3. The Hall–Kier alpha value is -2.62. The highest BCUT2D eigenvalue weighted by Gasteiger charge is 2.46. The fourth-order valence-corrected chi connectivity index (χ4v) is 5.91. The lowest BCUT2D eigenvalue weighted by atomic mass is 9.68. The molecule has 2 aromatic rings. The van der Waals surface area contributed by atoms with Crippen LogP contribution in [0.4, 0.5) is 11.6 Å². The molecule has 13 nitrogen and oxygen atoms in total. The summed E-state index contributed by atoms with van der Waals surface area (Å²) in [6.45, 7) is 1.08. The van der Waals surface area contributed by atoms with E-state index in [1.54, 1.807) is 18.2 Å². The molecular formula is C25H34ClN6O7+. The summed E-state index contributed by atoms with van der Waals surface area (Å²) in [5.74, 6) is 1.10. The third-order valence-corrected chi connectivity index (χ3v) is 7.83. The van der Waals surface area contributed by atoms with Crippen molar-refractivity contribution in [3.8, 4) is 5.75 Å². The summed E-state index contributed by atoms with van der Waals surface area (Å²) >= 11 is 6.25. The van der Waals surface area contributed by atoms with Crippen molar-refractivity contribution < 1.29 is 40.3 Å². The molecule has 3 fully saturated rings. The van der Waals surface area contributed by atoms with Crippen LogP contribution in [0.3, 0.4) is 0 Å². The first-order valence-corrected chi connectivity index (χ1v) is 13.3. The van der Waals surface area contributed by atoms with Crippen LogP contribution in [-0.4, -0.2) is 91.2 Å². The summed E-state index contributed by atoms with van der Waals surface area (Å²) in [5, 5.41) is 59.7. The molecule has 7 N–H and O–H groups in total. The number of benzene rings is 1. The topological polar surface area (TPSA) is 185 Å². The predicted molar refractivity (Wildman–Crippen MR) is 138 cm³/mol. The zero-order valence-electron chi connectivity index (χ0n) is 21.3. The standard InChI is InChI=1S/C25H34ClN6O7/c26-24-29-21(17(10-27)22(30-24)31-13-25(14-31)7-2-1-3-8-25)28-23-20(34)19(33)18(39-23)12-38-16-6-4-5-15(9-16)11-32(35,36)37/h4-6,9-10,18-20,23,27,33-37H,1-3,7-8,11-14H2,(H,28,29,30)/q+1/t18?,19-,20-,23?/m1/s1. The Kier molecular flexibility index (Phi) is 7.95. The van der Waals surface area contributed by atoms with E-state index in [9.17, 15) is 10.2 Å². The predicted octanol–water partition coefficient (Wildman–Crippen LogP) is 2.32. The molecular weight excluding hydrogens is 532 g/mol. The molecule has 0 radical (unpaired) electrons. The summed E-state index contributed by atoms with van der Waals surface area (Å²) < 4.78 is 11.5. The fraction of sp³-hybridized carbons (Fsp3) is 0.560. The Morgan fingerprint density at radius 2 is 1.90 bits per heavy atom. The van der Waals surface area contributed by atoms with E-state index in [1.807, 2.05) is 0 Å². The first-order valence-electron chi connectivity index (χ1n) is 12.9. The summed E-state index contributed by atoms with van der Waals surface area (Å²) in [6.07, 6.45) is 2.65. The number of quaternary nitrogens is 1. The van der Waals surface area contributed by atoms with Crippen molar-refractivity contribution in [1.82, 2.24) is 9.97 Å². The van der Waals surface area contributed by atoms with Crippen LogP contribution in [0.25, 0.3) is 0 Å². The van der Waals surface area contributed by atoms with E-state index in [1.165, 1.54) is 38.2 Å². The Morgan fingerprint density at radius 1 is 1.15 bits per heavy atom. The number of anilines is 2. The van der Waals surface area contributed by atoms with Gasteiger partial charge in [0.15, 0.2) is 6.23 Å². The van der Waals surface area contributed by atoms with Gasteiger partial charge >= 0.3 is 0 Å². The molecule has 1 saturated carbocycles. The smallest absolute Gasteiger partial charge is 0.226 e. The molecule has 2 unspecified atom stereocenters. The fourth-order valence-electron chi connectivity index (χ4n) is 5.74. The molecule has 2 saturated heterocycles. The molecule has 3 heterocycles. The van der Waals surface area contributed by atoms with Gasteiger partial charge in [-0.05, 0) is 36.6 Å². The van der Waals surface area contributed by atoms with Crippen molar-refractivity contribution in [1.29, 1.82) is 5.41 Å². The third-order valence-electron chi connectivity index (χ3n) is 7.66. The molecule has 4 atom stereocenters. The summed E-state index contributed by atoms with van der Waals surface area (Å²) in [5.41, 5.74) is 1.10. The molecule has 0 bridgehead atoms. The molecule has 3 aliphatic rings. The molecule has 1 aliphatic carbocycles. The molecule has 212 valence electrons. The number of ether oxygens (including phenoxy) is 2. The molecule has 0 amide bonds. The number of aromatic nitrogens is 2. The Balaban J connectivity index is 1.24. The minimum atomic E-state index is -2.21. The average Bonchev–Trinajstić information content (AvgIpc) is 3.13. The number of halogens is 1. The van der Waals surface area contributed by atoms with Crippen LogP contribution in [-0.2, 0) is 11.3 Å². The van der Waals surface area contributed by atoms with E-state index in [2.05, 4.69) is 20.2 Å². The Morgan fingerprint density at radius 3 is 2.59 bits per heavy atom. The van der Waals surface area contributed by atoms with Gasteiger partial charge in [-0.25, -0.2) is 0 Å². The lowest BCUT2D eigenvalue weighted by Crippen LogP contribution is -2.57. The average molecular weight is 566 g/mol. The second kappa shape index (κ2) is 11.1. The van der Waals surface area contributed by atoms with Gasteiger partial charge in [0.1, 0.15) is 42.3 Å². The second-order valence-corrected chi connectivity index (χ2v) is 11.0. The largest absolute Gasteiger partial charge is 0.491 e. The van der Waals surface area contributed by atoms with Gasteiger partial charge in [0, 0.05) is 30.3 Å². The third kappa shape index (κ3) is 6.26. The van der Waals surface area contributed by atoms with Gasteiger partial charge < -0.3 is 35.3 Å². The van der Waals surface area contributed by atoms with Crippen LogP contribution in [0, 0.1) is 10.8 Å². The monoisotopic (exact) mass is 565 g/mol. The van der Waals surface area contributed by atoms with Gasteiger partial charge in [0.05, 0.1) is 10.5 Å². The highest BCUT2D eigenvalue weighted by Crippen LogP contribution is 2.46. The molecule has 14 heteroatoms. The van der Waals surface area contributed by atoms with E-state index in [-0.39, 0.29) is 17.7 Å². The lowest BCUT2D eigenvalue weighted by molar-refractivity contribution is -1.38. The maximum Gasteiger partial charge on any atom is 0.226 e. The highest BCUT2D eigenvalue weighted by molar-refractivity contribution is 6.28. The van der Waals surface area contributed by atoms with Crippen molar-refractivity contribution in [2.24, 2.45) is 5.41 Å². The number of aliphatic hydroxyl groups is 2. The number of rotatable bonds is 9. The maximum atomic E-state index is 10.7. The van der Waals surface area contributed by atoms with Gasteiger partial charge in [-0.3, -0.25) is 0 Å². The number of hydrogen-bond acceptors (Lipinski definition) is 12. The van der Waals surface area contributed by atoms with Crippen molar-refractivity contribution in [2.75, 3.05) is 29.9 Å². The van der Waals surface area contributed by atoms with Crippen molar-refractivity contribution in [2.45, 2.75) is 63.2 Å². The van der Waals surface area contributed by atoms with Crippen molar-refractivity contribution in [3.05, 3.63) is 40.7 Å². The number of aliphatic hydroxyl groups excluding tert-OH is 2. The molecule has 5 rings (SSSR count). The van der Waals surface area contributed by atoms with Crippen LogP contribution >= 0.6 is 11.6 Å². The molecule has 1 aromatic heterocycles. The first-order chi connectivity index (χ1) is 18.6. The van der Waals surface area contributed by atoms with Crippen molar-refractivity contribution >= 4 is 29.5 Å². The van der Waals surface area contributed by atoms with E-state index in [0.717, 1.165) is 19.3 Å². The van der Waals surface area contributed by atoms with E-state index in [4.69, 9.17) is 42.1 Å². The van der Waals surface area contributed by atoms with Gasteiger partial charge in [-0.1, -0.05) is 31.4 Å². The van der Waals surface area contributed by atoms with Gasteiger partial charge in [0.2, 0.25) is 11.8 Å². The van der Waals surface area contributed by atoms with Crippen LogP contribution in [0.1, 0.15) is 43.2 Å². The van der Waals surface area contributed by atoms with Gasteiger partial charge in [-0.2, -0.15) is 9.97 Å². The normalized spacial score (nSPS) is 26.4.